The zero-order valence-electron chi connectivity index (χ0n) is 11.8. The van der Waals surface area contributed by atoms with Gasteiger partial charge in [0, 0.05) is 5.56 Å². The molecule has 0 atom stereocenters. The van der Waals surface area contributed by atoms with Crippen molar-refractivity contribution in [1.82, 2.24) is 4.90 Å². The van der Waals surface area contributed by atoms with Gasteiger partial charge < -0.3 is 9.80 Å². The molecule has 1 amide bonds. The maximum atomic E-state index is 12.9. The summed E-state index contributed by atoms with van der Waals surface area (Å²) in [5, 5.41) is 0. The highest BCUT2D eigenvalue weighted by Gasteiger charge is 2.31. The van der Waals surface area contributed by atoms with Gasteiger partial charge in [0.15, 0.2) is 0 Å². The van der Waals surface area contributed by atoms with E-state index in [9.17, 15) is 9.18 Å². The highest BCUT2D eigenvalue weighted by atomic mass is 19.1. The van der Waals surface area contributed by atoms with Gasteiger partial charge in [-0.15, -0.1) is 0 Å². The van der Waals surface area contributed by atoms with Crippen molar-refractivity contribution in [3.05, 3.63) is 35.6 Å². The van der Waals surface area contributed by atoms with Crippen molar-refractivity contribution < 1.29 is 14.1 Å². The number of piperazine rings is 1. The standard InChI is InChI=1S/C16H21FN2O/c17-14-7-5-13(6-8-14)16(20)19-11-9-18(10-12-19)15-3-1-2-4-15/h5-8,15H,1-4,9-12H2/p+1. The molecule has 0 spiro atoms. The molecular formula is C16H22FN2O+. The SMILES string of the molecule is O=C(c1ccc(F)cc1)N1CC[NH+](C2CCCC2)CC1. The fraction of sp³-hybridized carbons (Fsp3) is 0.562. The summed E-state index contributed by atoms with van der Waals surface area (Å²) < 4.78 is 12.9. The number of quaternary nitrogens is 1. The Morgan fingerprint density at radius 2 is 1.70 bits per heavy atom. The van der Waals surface area contributed by atoms with E-state index >= 15 is 0 Å². The van der Waals surface area contributed by atoms with Crippen molar-refractivity contribution in [3.8, 4) is 0 Å². The van der Waals surface area contributed by atoms with Crippen molar-refractivity contribution in [3.63, 3.8) is 0 Å². The minimum Gasteiger partial charge on any atom is -0.330 e. The van der Waals surface area contributed by atoms with Crippen LogP contribution in [-0.2, 0) is 0 Å². The van der Waals surface area contributed by atoms with Crippen LogP contribution in [0.1, 0.15) is 36.0 Å². The average Bonchev–Trinajstić information content (AvgIpc) is 3.02. The second kappa shape index (κ2) is 5.92. The molecule has 1 aromatic carbocycles. The van der Waals surface area contributed by atoms with Gasteiger partial charge in [0.1, 0.15) is 5.82 Å². The van der Waals surface area contributed by atoms with E-state index in [0.29, 0.717) is 5.56 Å². The van der Waals surface area contributed by atoms with Crippen LogP contribution in [0.25, 0.3) is 0 Å². The van der Waals surface area contributed by atoms with Crippen molar-refractivity contribution in [1.29, 1.82) is 0 Å². The van der Waals surface area contributed by atoms with E-state index in [1.807, 2.05) is 4.90 Å². The maximum absolute atomic E-state index is 12.9. The molecule has 0 unspecified atom stereocenters. The van der Waals surface area contributed by atoms with Crippen LogP contribution in [0, 0.1) is 5.82 Å². The maximum Gasteiger partial charge on any atom is 0.254 e. The minimum absolute atomic E-state index is 0.0375. The molecule has 0 bridgehead atoms. The first-order valence-corrected chi connectivity index (χ1v) is 7.63. The minimum atomic E-state index is -0.294. The summed E-state index contributed by atoms with van der Waals surface area (Å²) in [6.45, 7) is 3.75. The normalized spacial score (nSPS) is 21.4. The number of amides is 1. The second-order valence-electron chi connectivity index (χ2n) is 5.94. The highest BCUT2D eigenvalue weighted by molar-refractivity contribution is 5.94. The molecule has 1 aliphatic heterocycles. The fourth-order valence-electron chi connectivity index (χ4n) is 3.51. The Morgan fingerprint density at radius 3 is 2.30 bits per heavy atom. The lowest BCUT2D eigenvalue weighted by Gasteiger charge is -2.35. The van der Waals surface area contributed by atoms with Gasteiger partial charge in [0.2, 0.25) is 0 Å². The molecule has 1 aromatic rings. The molecule has 3 nitrogen and oxygen atoms in total. The number of hydrogen-bond acceptors (Lipinski definition) is 1. The van der Waals surface area contributed by atoms with Gasteiger partial charge >= 0.3 is 0 Å². The average molecular weight is 277 g/mol. The number of carbonyl (C=O) groups is 1. The first-order valence-electron chi connectivity index (χ1n) is 7.63. The predicted octanol–water partition coefficient (Wildman–Crippen LogP) is 1.11. The molecule has 2 fully saturated rings. The lowest BCUT2D eigenvalue weighted by atomic mass is 10.1. The zero-order chi connectivity index (χ0) is 13.9. The first-order chi connectivity index (χ1) is 9.74. The van der Waals surface area contributed by atoms with Crippen LogP contribution in [0.15, 0.2) is 24.3 Å². The smallest absolute Gasteiger partial charge is 0.254 e. The van der Waals surface area contributed by atoms with Gasteiger partial charge in [-0.3, -0.25) is 4.79 Å². The number of hydrogen-bond donors (Lipinski definition) is 1. The summed E-state index contributed by atoms with van der Waals surface area (Å²) in [6.07, 6.45) is 5.43. The van der Waals surface area contributed by atoms with Gasteiger partial charge in [-0.05, 0) is 49.9 Å². The summed E-state index contributed by atoms with van der Waals surface area (Å²) >= 11 is 0. The molecule has 1 saturated heterocycles. The van der Waals surface area contributed by atoms with E-state index in [1.54, 1.807) is 17.0 Å². The Hall–Kier alpha value is -1.42. The summed E-state index contributed by atoms with van der Waals surface area (Å²) in [4.78, 5) is 15.9. The highest BCUT2D eigenvalue weighted by Crippen LogP contribution is 2.16. The molecule has 1 N–H and O–H groups in total. The molecule has 3 rings (SSSR count). The molecule has 4 heteroatoms. The fourth-order valence-corrected chi connectivity index (χ4v) is 3.51. The quantitative estimate of drug-likeness (QED) is 0.860. The molecule has 0 radical (unpaired) electrons. The Balaban J connectivity index is 1.57. The van der Waals surface area contributed by atoms with Gasteiger partial charge in [0.25, 0.3) is 5.91 Å². The third-order valence-electron chi connectivity index (χ3n) is 4.72. The van der Waals surface area contributed by atoms with E-state index in [4.69, 9.17) is 0 Å². The monoisotopic (exact) mass is 277 g/mol. The lowest BCUT2D eigenvalue weighted by molar-refractivity contribution is -0.928. The van der Waals surface area contributed by atoms with Crippen LogP contribution >= 0.6 is 0 Å². The van der Waals surface area contributed by atoms with Gasteiger partial charge in [-0.1, -0.05) is 0 Å². The molecule has 1 aliphatic carbocycles. The van der Waals surface area contributed by atoms with Crippen molar-refractivity contribution in [2.24, 2.45) is 0 Å². The van der Waals surface area contributed by atoms with E-state index in [-0.39, 0.29) is 11.7 Å². The topological polar surface area (TPSA) is 24.8 Å². The number of nitrogens with one attached hydrogen (secondary N) is 1. The van der Waals surface area contributed by atoms with Crippen LogP contribution in [0.2, 0.25) is 0 Å². The number of nitrogens with zero attached hydrogens (tertiary/aromatic N) is 1. The van der Waals surface area contributed by atoms with Crippen molar-refractivity contribution in [2.75, 3.05) is 26.2 Å². The number of rotatable bonds is 2. The third-order valence-corrected chi connectivity index (χ3v) is 4.72. The summed E-state index contributed by atoms with van der Waals surface area (Å²) in [5.74, 6) is -0.257. The number of halogens is 1. The lowest BCUT2D eigenvalue weighted by Crippen LogP contribution is -3.18. The van der Waals surface area contributed by atoms with Crippen LogP contribution < -0.4 is 4.90 Å². The second-order valence-corrected chi connectivity index (χ2v) is 5.94. The molecule has 0 aromatic heterocycles. The van der Waals surface area contributed by atoms with Crippen LogP contribution in [0.4, 0.5) is 4.39 Å². The number of benzene rings is 1. The Bertz CT molecular complexity index is 460. The summed E-state index contributed by atoms with van der Waals surface area (Å²) in [6, 6.07) is 6.68. The van der Waals surface area contributed by atoms with Crippen molar-refractivity contribution in [2.45, 2.75) is 31.7 Å². The Morgan fingerprint density at radius 1 is 1.10 bits per heavy atom. The molecular weight excluding hydrogens is 255 g/mol. The van der Waals surface area contributed by atoms with E-state index in [2.05, 4.69) is 0 Å². The zero-order valence-corrected chi connectivity index (χ0v) is 11.8. The van der Waals surface area contributed by atoms with Crippen molar-refractivity contribution >= 4 is 5.91 Å². The van der Waals surface area contributed by atoms with Crippen LogP contribution in [0.5, 0.6) is 0 Å². The largest absolute Gasteiger partial charge is 0.330 e. The molecule has 2 aliphatic rings. The molecule has 108 valence electrons. The van der Waals surface area contributed by atoms with E-state index in [1.165, 1.54) is 37.8 Å². The summed E-state index contributed by atoms with van der Waals surface area (Å²) in [5.41, 5.74) is 0.593. The molecule has 1 saturated carbocycles. The number of carbonyl (C=O) groups excluding carboxylic acids is 1. The Kier molecular flexibility index (Phi) is 4.01. The predicted molar refractivity (Wildman–Crippen MR) is 75.3 cm³/mol. The van der Waals surface area contributed by atoms with Gasteiger partial charge in [-0.2, -0.15) is 0 Å². The third kappa shape index (κ3) is 2.85. The van der Waals surface area contributed by atoms with Gasteiger partial charge in [0.05, 0.1) is 32.2 Å². The Labute approximate surface area is 119 Å². The molecule has 20 heavy (non-hydrogen) atoms. The van der Waals surface area contributed by atoms with E-state index < -0.39 is 0 Å². The van der Waals surface area contributed by atoms with Crippen LogP contribution in [-0.4, -0.2) is 43.0 Å². The van der Waals surface area contributed by atoms with Gasteiger partial charge in [-0.25, -0.2) is 4.39 Å². The first kappa shape index (κ1) is 13.6. The summed E-state index contributed by atoms with van der Waals surface area (Å²) in [7, 11) is 0. The van der Waals surface area contributed by atoms with Crippen LogP contribution in [0.3, 0.4) is 0 Å². The van der Waals surface area contributed by atoms with E-state index in [0.717, 1.165) is 32.2 Å². The molecule has 1 heterocycles.